The first-order valence-electron chi connectivity index (χ1n) is 5.22. The van der Waals surface area contributed by atoms with E-state index in [4.69, 9.17) is 11.5 Å². The third-order valence-electron chi connectivity index (χ3n) is 3.73. The zero-order valence-electron chi connectivity index (χ0n) is 10.7. The van der Waals surface area contributed by atoms with Crippen molar-refractivity contribution in [3.05, 3.63) is 0 Å². The van der Waals surface area contributed by atoms with E-state index in [0.29, 0.717) is 5.92 Å². The molecule has 0 aliphatic heterocycles. The molecule has 0 bridgehead atoms. The normalized spacial score (nSPS) is 13.8. The molecule has 96 valence electrons. The summed E-state index contributed by atoms with van der Waals surface area (Å²) in [5.41, 5.74) is 11.7. The first-order chi connectivity index (χ1) is 5.73. The third kappa shape index (κ3) is 6.63. The Balaban J connectivity index is -0.000000720. The molecule has 0 radical (unpaired) electrons. The van der Waals surface area contributed by atoms with Gasteiger partial charge in [0.2, 0.25) is 0 Å². The van der Waals surface area contributed by atoms with Crippen LogP contribution in [0.25, 0.3) is 0 Å². The number of rotatable bonds is 5. The molecule has 0 saturated heterocycles. The highest BCUT2D eigenvalue weighted by Gasteiger charge is 2.37. The van der Waals surface area contributed by atoms with Gasteiger partial charge in [0.15, 0.2) is 0 Å². The maximum absolute atomic E-state index is 6.15. The van der Waals surface area contributed by atoms with Crippen LogP contribution >= 0.6 is 48.0 Å². The molecule has 0 amide bonds. The first-order valence-corrected chi connectivity index (χ1v) is 5.22. The van der Waals surface area contributed by atoms with Gasteiger partial charge in [0.05, 0.1) is 0 Å². The van der Waals surface area contributed by atoms with E-state index in [0.717, 1.165) is 13.0 Å². The zero-order valence-corrected chi connectivity index (χ0v) is 15.3. The Morgan fingerprint density at radius 2 is 1.47 bits per heavy atom. The molecular formula is C11H28I2N2. The Labute approximate surface area is 129 Å². The standard InChI is InChI=1S/C11H26N2.2HI/c1-9(7-6-8-12)10(2,3)11(4,5)13;;/h9H,6-8,12-13H2,1-5H3;2*1H. The molecule has 4 heteroatoms. The van der Waals surface area contributed by atoms with E-state index in [1.54, 1.807) is 0 Å². The van der Waals surface area contributed by atoms with Gasteiger partial charge in [-0.15, -0.1) is 48.0 Å². The molecule has 2 nitrogen and oxygen atoms in total. The fourth-order valence-electron chi connectivity index (χ4n) is 1.42. The van der Waals surface area contributed by atoms with Gasteiger partial charge in [0, 0.05) is 5.54 Å². The van der Waals surface area contributed by atoms with Crippen LogP contribution < -0.4 is 11.5 Å². The molecule has 0 aliphatic carbocycles. The molecule has 0 fully saturated rings. The predicted molar refractivity (Wildman–Crippen MR) is 90.3 cm³/mol. The number of nitrogens with two attached hydrogens (primary N) is 2. The largest absolute Gasteiger partial charge is 0.330 e. The van der Waals surface area contributed by atoms with E-state index in [1.165, 1.54) is 6.42 Å². The van der Waals surface area contributed by atoms with Crippen LogP contribution in [0.5, 0.6) is 0 Å². The van der Waals surface area contributed by atoms with Crippen LogP contribution in [0.2, 0.25) is 0 Å². The van der Waals surface area contributed by atoms with E-state index in [1.807, 2.05) is 0 Å². The van der Waals surface area contributed by atoms with Crippen LogP contribution in [0, 0.1) is 11.3 Å². The topological polar surface area (TPSA) is 52.0 Å². The summed E-state index contributed by atoms with van der Waals surface area (Å²) in [4.78, 5) is 0. The molecule has 0 spiro atoms. The summed E-state index contributed by atoms with van der Waals surface area (Å²) in [6.07, 6.45) is 2.27. The summed E-state index contributed by atoms with van der Waals surface area (Å²) < 4.78 is 0. The quantitative estimate of drug-likeness (QED) is 0.642. The van der Waals surface area contributed by atoms with Crippen molar-refractivity contribution in [2.24, 2.45) is 22.8 Å². The van der Waals surface area contributed by atoms with Crippen molar-refractivity contribution in [3.8, 4) is 0 Å². The van der Waals surface area contributed by atoms with Gasteiger partial charge < -0.3 is 11.5 Å². The van der Waals surface area contributed by atoms with Crippen molar-refractivity contribution >= 4 is 48.0 Å². The molecule has 4 N–H and O–H groups in total. The van der Waals surface area contributed by atoms with E-state index < -0.39 is 0 Å². The van der Waals surface area contributed by atoms with Crippen LogP contribution in [0.1, 0.15) is 47.5 Å². The van der Waals surface area contributed by atoms with Crippen LogP contribution in [-0.4, -0.2) is 12.1 Å². The second kappa shape index (κ2) is 8.47. The molecule has 0 rings (SSSR count). The van der Waals surface area contributed by atoms with Crippen molar-refractivity contribution < 1.29 is 0 Å². The number of hydrogen-bond acceptors (Lipinski definition) is 2. The fraction of sp³-hybridized carbons (Fsp3) is 1.00. The van der Waals surface area contributed by atoms with Crippen molar-refractivity contribution in [3.63, 3.8) is 0 Å². The van der Waals surface area contributed by atoms with Crippen molar-refractivity contribution in [1.82, 2.24) is 0 Å². The Morgan fingerprint density at radius 1 is 1.07 bits per heavy atom. The van der Waals surface area contributed by atoms with E-state index in [-0.39, 0.29) is 58.9 Å². The van der Waals surface area contributed by atoms with Gasteiger partial charge in [-0.1, -0.05) is 20.8 Å². The highest BCUT2D eigenvalue weighted by Crippen LogP contribution is 2.38. The lowest BCUT2D eigenvalue weighted by Gasteiger charge is -2.43. The molecule has 1 atom stereocenters. The Bertz CT molecular complexity index is 153. The molecule has 0 heterocycles. The Morgan fingerprint density at radius 3 is 1.73 bits per heavy atom. The highest BCUT2D eigenvalue weighted by atomic mass is 127. The second-order valence-electron chi connectivity index (χ2n) is 5.28. The number of hydrogen-bond donors (Lipinski definition) is 2. The van der Waals surface area contributed by atoms with Crippen molar-refractivity contribution in [2.45, 2.75) is 53.0 Å². The van der Waals surface area contributed by atoms with Crippen molar-refractivity contribution in [1.29, 1.82) is 0 Å². The fourth-order valence-corrected chi connectivity index (χ4v) is 1.42. The van der Waals surface area contributed by atoms with Gasteiger partial charge in [-0.05, 0) is 44.6 Å². The van der Waals surface area contributed by atoms with Crippen LogP contribution in [0.15, 0.2) is 0 Å². The van der Waals surface area contributed by atoms with E-state index >= 15 is 0 Å². The average Bonchev–Trinajstić information content (AvgIpc) is 1.97. The Hall–Kier alpha value is 1.38. The predicted octanol–water partition coefficient (Wildman–Crippen LogP) is 3.36. The smallest absolute Gasteiger partial charge is 0.0151 e. The van der Waals surface area contributed by atoms with Crippen LogP contribution in [-0.2, 0) is 0 Å². The minimum absolute atomic E-state index is 0. The molecule has 0 aromatic heterocycles. The lowest BCUT2D eigenvalue weighted by atomic mass is 9.66. The second-order valence-corrected chi connectivity index (χ2v) is 5.28. The molecule has 0 aromatic rings. The summed E-state index contributed by atoms with van der Waals surface area (Å²) in [7, 11) is 0. The van der Waals surface area contributed by atoms with Gasteiger partial charge in [-0.2, -0.15) is 0 Å². The SMILES string of the molecule is CC(CCCN)C(C)(C)C(C)(C)N.I.I. The molecule has 1 unspecified atom stereocenters. The lowest BCUT2D eigenvalue weighted by molar-refractivity contribution is 0.112. The lowest BCUT2D eigenvalue weighted by Crippen LogP contribution is -2.50. The maximum atomic E-state index is 6.15. The molecule has 15 heavy (non-hydrogen) atoms. The van der Waals surface area contributed by atoms with Crippen molar-refractivity contribution in [2.75, 3.05) is 6.54 Å². The monoisotopic (exact) mass is 442 g/mol. The van der Waals surface area contributed by atoms with Gasteiger partial charge in [0.25, 0.3) is 0 Å². The highest BCUT2D eigenvalue weighted by molar-refractivity contribution is 14.0. The Kier molecular flexibility index (Phi) is 12.2. The minimum atomic E-state index is -0.124. The first kappa shape index (κ1) is 21.6. The van der Waals surface area contributed by atoms with Crippen LogP contribution in [0.3, 0.4) is 0 Å². The minimum Gasteiger partial charge on any atom is -0.330 e. The molecule has 0 saturated carbocycles. The van der Waals surface area contributed by atoms with Gasteiger partial charge in [-0.3, -0.25) is 0 Å². The molecular weight excluding hydrogens is 414 g/mol. The average molecular weight is 442 g/mol. The zero-order chi connectivity index (χ0) is 10.7. The van der Waals surface area contributed by atoms with Crippen LogP contribution in [0.4, 0.5) is 0 Å². The van der Waals surface area contributed by atoms with Gasteiger partial charge in [-0.25, -0.2) is 0 Å². The summed E-state index contributed by atoms with van der Waals surface area (Å²) in [6.45, 7) is 11.7. The molecule has 0 aliphatic rings. The summed E-state index contributed by atoms with van der Waals surface area (Å²) in [5, 5.41) is 0. The molecule has 0 aromatic carbocycles. The third-order valence-corrected chi connectivity index (χ3v) is 3.73. The van der Waals surface area contributed by atoms with Gasteiger partial charge in [0.1, 0.15) is 0 Å². The van der Waals surface area contributed by atoms with Gasteiger partial charge >= 0.3 is 0 Å². The summed E-state index contributed by atoms with van der Waals surface area (Å²) >= 11 is 0. The number of halogens is 2. The van der Waals surface area contributed by atoms with E-state index in [9.17, 15) is 0 Å². The maximum Gasteiger partial charge on any atom is 0.0151 e. The van der Waals surface area contributed by atoms with E-state index in [2.05, 4.69) is 34.6 Å². The summed E-state index contributed by atoms with van der Waals surface area (Å²) in [6, 6.07) is 0. The summed E-state index contributed by atoms with van der Waals surface area (Å²) in [5.74, 6) is 0.621.